The predicted molar refractivity (Wildman–Crippen MR) is 60.9 cm³/mol. The molecule has 1 heterocycles. The largest absolute Gasteiger partial charge is 0.350 e. The van der Waals surface area contributed by atoms with Crippen LogP contribution in [0.3, 0.4) is 0 Å². The molecule has 3 heteroatoms. The molecule has 2 rings (SSSR count). The Labute approximate surface area is 88.9 Å². The van der Waals surface area contributed by atoms with E-state index < -0.39 is 0 Å². The number of fused-ring (bicyclic) bond motifs is 1. The highest BCUT2D eigenvalue weighted by Gasteiger charge is 2.13. The number of carbonyl (C=O) groups is 1. The van der Waals surface area contributed by atoms with Crippen LogP contribution < -0.4 is 0 Å². The Bertz CT molecular complexity index is 511. The molecule has 0 atom stereocenters. The highest BCUT2D eigenvalue weighted by molar-refractivity contribution is 6.05. The smallest absolute Gasteiger partial charge is 0.255 e. The summed E-state index contributed by atoms with van der Waals surface area (Å²) in [6.45, 7) is 0. The molecule has 0 saturated carbocycles. The minimum atomic E-state index is 0.0439. The van der Waals surface area contributed by atoms with Crippen molar-refractivity contribution in [1.29, 1.82) is 0 Å². The van der Waals surface area contributed by atoms with Gasteiger partial charge in [0.15, 0.2) is 0 Å². The molecule has 0 saturated heterocycles. The molecule has 15 heavy (non-hydrogen) atoms. The molecule has 0 aliphatic carbocycles. The molecule has 0 aliphatic heterocycles. The second-order valence-electron chi connectivity index (χ2n) is 3.87. The SMILES string of the molecule is CN(C)C(=O)c1cccc2ccn(C)c12. The number of hydrogen-bond donors (Lipinski definition) is 0. The van der Waals surface area contributed by atoms with Gasteiger partial charge in [-0.05, 0) is 12.1 Å². The maximum atomic E-state index is 11.9. The van der Waals surface area contributed by atoms with Crippen molar-refractivity contribution >= 4 is 16.8 Å². The molecule has 0 spiro atoms. The first-order chi connectivity index (χ1) is 7.11. The third-order valence-corrected chi connectivity index (χ3v) is 2.53. The van der Waals surface area contributed by atoms with Gasteiger partial charge < -0.3 is 9.47 Å². The lowest BCUT2D eigenvalue weighted by Gasteiger charge is -2.12. The summed E-state index contributed by atoms with van der Waals surface area (Å²) in [5.74, 6) is 0.0439. The van der Waals surface area contributed by atoms with Crippen LogP contribution in [0, 0.1) is 0 Å². The van der Waals surface area contributed by atoms with Gasteiger partial charge in [-0.1, -0.05) is 12.1 Å². The first-order valence-electron chi connectivity index (χ1n) is 4.87. The number of para-hydroxylation sites is 1. The average molecular weight is 202 g/mol. The Hall–Kier alpha value is -1.77. The summed E-state index contributed by atoms with van der Waals surface area (Å²) in [5, 5.41) is 1.10. The predicted octanol–water partition coefficient (Wildman–Crippen LogP) is 1.88. The van der Waals surface area contributed by atoms with Crippen molar-refractivity contribution in [1.82, 2.24) is 9.47 Å². The molecule has 0 fully saturated rings. The molecule has 0 aliphatic rings. The highest BCUT2D eigenvalue weighted by atomic mass is 16.2. The molecule has 78 valence electrons. The summed E-state index contributed by atoms with van der Waals surface area (Å²) in [6, 6.07) is 7.81. The van der Waals surface area contributed by atoms with Crippen molar-refractivity contribution in [3.8, 4) is 0 Å². The molecule has 1 aromatic heterocycles. The summed E-state index contributed by atoms with van der Waals surface area (Å²) >= 11 is 0. The topological polar surface area (TPSA) is 25.2 Å². The first kappa shape index (κ1) is 9.77. The van der Waals surface area contributed by atoms with Crippen LogP contribution >= 0.6 is 0 Å². The number of aryl methyl sites for hydroxylation is 1. The summed E-state index contributed by atoms with van der Waals surface area (Å²) in [7, 11) is 5.49. The Morgan fingerprint density at radius 3 is 2.67 bits per heavy atom. The summed E-state index contributed by atoms with van der Waals surface area (Å²) in [6.07, 6.45) is 1.97. The maximum absolute atomic E-state index is 11.9. The van der Waals surface area contributed by atoms with Crippen LogP contribution in [0.4, 0.5) is 0 Å². The van der Waals surface area contributed by atoms with Gasteiger partial charge in [-0.2, -0.15) is 0 Å². The molecular weight excluding hydrogens is 188 g/mol. The molecule has 0 bridgehead atoms. The van der Waals surface area contributed by atoms with Crippen LogP contribution in [0.5, 0.6) is 0 Å². The molecule has 0 radical (unpaired) electrons. The minimum absolute atomic E-state index is 0.0439. The maximum Gasteiger partial charge on any atom is 0.255 e. The van der Waals surface area contributed by atoms with E-state index in [1.807, 2.05) is 42.1 Å². The minimum Gasteiger partial charge on any atom is -0.350 e. The van der Waals surface area contributed by atoms with Gasteiger partial charge in [0.1, 0.15) is 0 Å². The lowest BCUT2D eigenvalue weighted by Crippen LogP contribution is -2.22. The zero-order valence-electron chi connectivity index (χ0n) is 9.19. The fraction of sp³-hybridized carbons (Fsp3) is 0.250. The fourth-order valence-electron chi connectivity index (χ4n) is 1.77. The van der Waals surface area contributed by atoms with Gasteiger partial charge in [0.25, 0.3) is 5.91 Å². The number of benzene rings is 1. The molecule has 1 amide bonds. The van der Waals surface area contributed by atoms with Crippen LogP contribution in [0.25, 0.3) is 10.9 Å². The van der Waals surface area contributed by atoms with E-state index in [1.54, 1.807) is 19.0 Å². The van der Waals surface area contributed by atoms with Crippen molar-refractivity contribution in [2.75, 3.05) is 14.1 Å². The Morgan fingerprint density at radius 1 is 1.27 bits per heavy atom. The zero-order valence-corrected chi connectivity index (χ0v) is 9.19. The molecule has 1 aromatic carbocycles. The summed E-state index contributed by atoms with van der Waals surface area (Å²) in [4.78, 5) is 13.5. The van der Waals surface area contributed by atoms with E-state index in [-0.39, 0.29) is 5.91 Å². The van der Waals surface area contributed by atoms with Crippen molar-refractivity contribution in [3.63, 3.8) is 0 Å². The Kier molecular flexibility index (Phi) is 2.23. The van der Waals surface area contributed by atoms with E-state index in [1.165, 1.54) is 0 Å². The van der Waals surface area contributed by atoms with Crippen molar-refractivity contribution in [2.24, 2.45) is 7.05 Å². The Morgan fingerprint density at radius 2 is 2.00 bits per heavy atom. The van der Waals surface area contributed by atoms with Gasteiger partial charge in [-0.25, -0.2) is 0 Å². The van der Waals surface area contributed by atoms with Crippen molar-refractivity contribution in [2.45, 2.75) is 0 Å². The van der Waals surface area contributed by atoms with Crippen LogP contribution in [0.2, 0.25) is 0 Å². The van der Waals surface area contributed by atoms with Gasteiger partial charge in [-0.15, -0.1) is 0 Å². The van der Waals surface area contributed by atoms with Crippen molar-refractivity contribution < 1.29 is 4.79 Å². The van der Waals surface area contributed by atoms with Crippen LogP contribution in [0.15, 0.2) is 30.5 Å². The lowest BCUT2D eigenvalue weighted by atomic mass is 10.1. The molecular formula is C12H14N2O. The zero-order chi connectivity index (χ0) is 11.0. The molecule has 2 aromatic rings. The monoisotopic (exact) mass is 202 g/mol. The summed E-state index contributed by atoms with van der Waals surface area (Å²) in [5.41, 5.74) is 1.75. The fourth-order valence-corrected chi connectivity index (χ4v) is 1.77. The number of hydrogen-bond acceptors (Lipinski definition) is 1. The van der Waals surface area contributed by atoms with Crippen molar-refractivity contribution in [3.05, 3.63) is 36.0 Å². The van der Waals surface area contributed by atoms with Gasteiger partial charge in [-0.3, -0.25) is 4.79 Å². The molecule has 0 N–H and O–H groups in total. The quantitative estimate of drug-likeness (QED) is 0.693. The number of carbonyl (C=O) groups excluding carboxylic acids is 1. The number of nitrogens with zero attached hydrogens (tertiary/aromatic N) is 2. The van der Waals surface area contributed by atoms with Gasteiger partial charge in [0, 0.05) is 32.7 Å². The Balaban J connectivity index is 2.70. The first-order valence-corrected chi connectivity index (χ1v) is 4.87. The lowest BCUT2D eigenvalue weighted by molar-refractivity contribution is 0.0829. The van der Waals surface area contributed by atoms with Gasteiger partial charge in [0.2, 0.25) is 0 Å². The summed E-state index contributed by atoms with van der Waals surface area (Å²) < 4.78 is 1.98. The van der Waals surface area contributed by atoms with Gasteiger partial charge >= 0.3 is 0 Å². The van der Waals surface area contributed by atoms with E-state index in [4.69, 9.17) is 0 Å². The molecule has 3 nitrogen and oxygen atoms in total. The molecule has 0 unspecified atom stereocenters. The third-order valence-electron chi connectivity index (χ3n) is 2.53. The van der Waals surface area contributed by atoms with Crippen LogP contribution in [-0.4, -0.2) is 29.5 Å². The standard InChI is InChI=1S/C12H14N2O/c1-13(2)12(15)10-6-4-5-9-7-8-14(3)11(9)10/h4-8H,1-3H3. The highest BCUT2D eigenvalue weighted by Crippen LogP contribution is 2.20. The van der Waals surface area contributed by atoms with E-state index in [9.17, 15) is 4.79 Å². The number of amides is 1. The van der Waals surface area contributed by atoms with E-state index >= 15 is 0 Å². The average Bonchev–Trinajstić information content (AvgIpc) is 2.59. The second-order valence-corrected chi connectivity index (χ2v) is 3.87. The number of aromatic nitrogens is 1. The third kappa shape index (κ3) is 1.50. The van der Waals surface area contributed by atoms with Crippen LogP contribution in [0.1, 0.15) is 10.4 Å². The van der Waals surface area contributed by atoms with E-state index in [0.29, 0.717) is 0 Å². The second kappa shape index (κ2) is 3.42. The van der Waals surface area contributed by atoms with Crippen LogP contribution in [-0.2, 0) is 7.05 Å². The van der Waals surface area contributed by atoms with Gasteiger partial charge in [0.05, 0.1) is 11.1 Å². The number of rotatable bonds is 1. The van der Waals surface area contributed by atoms with E-state index in [2.05, 4.69) is 0 Å². The normalized spacial score (nSPS) is 10.6. The van der Waals surface area contributed by atoms with E-state index in [0.717, 1.165) is 16.5 Å².